The first-order valence-corrected chi connectivity index (χ1v) is 7.18. The summed E-state index contributed by atoms with van der Waals surface area (Å²) in [6.07, 6.45) is 1.75. The summed E-state index contributed by atoms with van der Waals surface area (Å²) in [5.41, 5.74) is 16.2. The molecule has 0 bridgehead atoms. The second-order valence-corrected chi connectivity index (χ2v) is 4.96. The molecule has 4 N–H and O–H groups in total. The molecule has 9 heteroatoms. The van der Waals surface area contributed by atoms with Crippen LogP contribution in [0, 0.1) is 5.53 Å². The zero-order chi connectivity index (χ0) is 17.1. The number of anilines is 2. The summed E-state index contributed by atoms with van der Waals surface area (Å²) >= 11 is 0. The summed E-state index contributed by atoms with van der Waals surface area (Å²) in [5, 5.41) is 10.5. The van der Waals surface area contributed by atoms with E-state index in [-0.39, 0.29) is 12.5 Å². The number of aromatic nitrogens is 3. The predicted octanol–water partition coefficient (Wildman–Crippen LogP) is 3.03. The second kappa shape index (κ2) is 6.49. The van der Waals surface area contributed by atoms with Crippen molar-refractivity contribution >= 4 is 22.8 Å². The molecular weight excluding hydrogens is 313 g/mol. The van der Waals surface area contributed by atoms with Gasteiger partial charge in [-0.15, -0.1) is 5.10 Å². The number of methoxy groups -OCH3 is 1. The van der Waals surface area contributed by atoms with Crippen LogP contribution in [0.15, 0.2) is 35.6 Å². The predicted molar refractivity (Wildman–Crippen MR) is 88.7 cm³/mol. The number of benzene rings is 1. The fourth-order valence-corrected chi connectivity index (χ4v) is 2.51. The average molecular weight is 329 g/mol. The van der Waals surface area contributed by atoms with Crippen molar-refractivity contribution in [3.63, 3.8) is 0 Å². The van der Waals surface area contributed by atoms with Crippen molar-refractivity contribution < 1.29 is 9.13 Å². The van der Waals surface area contributed by atoms with Gasteiger partial charge in [-0.05, 0) is 23.8 Å². The van der Waals surface area contributed by atoms with Crippen LogP contribution in [0.4, 0.5) is 21.7 Å². The number of fused-ring (bicyclic) bond motifs is 1. The minimum absolute atomic E-state index is 0.107. The third kappa shape index (κ3) is 2.71. The van der Waals surface area contributed by atoms with Crippen molar-refractivity contribution in [3.05, 3.63) is 30.5 Å². The molecular formula is C15H16FN7O. The van der Waals surface area contributed by atoms with Gasteiger partial charge in [0, 0.05) is 18.3 Å². The zero-order valence-electron chi connectivity index (χ0n) is 13.0. The van der Waals surface area contributed by atoms with Crippen molar-refractivity contribution in [1.29, 1.82) is 5.53 Å². The largest absolute Gasteiger partial charge is 0.479 e. The van der Waals surface area contributed by atoms with Gasteiger partial charge in [0.1, 0.15) is 17.9 Å². The van der Waals surface area contributed by atoms with Crippen molar-refractivity contribution in [2.45, 2.75) is 0 Å². The van der Waals surface area contributed by atoms with Gasteiger partial charge in [0.2, 0.25) is 11.8 Å². The van der Waals surface area contributed by atoms with E-state index in [2.05, 4.69) is 20.5 Å². The molecule has 0 spiro atoms. The SMILES string of the molecule is COc1nc(N)nn2ccc(-c3ccc(N=N)c(NCCF)c3)c12. The highest BCUT2D eigenvalue weighted by molar-refractivity contribution is 5.87. The fraction of sp³-hybridized carbons (Fsp3) is 0.200. The van der Waals surface area contributed by atoms with E-state index in [1.54, 1.807) is 22.8 Å². The van der Waals surface area contributed by atoms with Crippen LogP contribution in [0.2, 0.25) is 0 Å². The molecule has 0 aliphatic heterocycles. The molecule has 0 atom stereocenters. The number of halogens is 1. The monoisotopic (exact) mass is 329 g/mol. The Kier molecular flexibility index (Phi) is 4.23. The molecule has 0 saturated heterocycles. The number of rotatable bonds is 6. The van der Waals surface area contributed by atoms with Gasteiger partial charge in [0.25, 0.3) is 0 Å². The Morgan fingerprint density at radius 3 is 2.96 bits per heavy atom. The van der Waals surface area contributed by atoms with E-state index >= 15 is 0 Å². The fourth-order valence-electron chi connectivity index (χ4n) is 2.51. The molecule has 1 aromatic carbocycles. The Hall–Kier alpha value is -3.23. The molecule has 2 heterocycles. The molecule has 0 amide bonds. The van der Waals surface area contributed by atoms with Crippen molar-refractivity contribution in [2.75, 3.05) is 31.4 Å². The van der Waals surface area contributed by atoms with Crippen LogP contribution < -0.4 is 15.8 Å². The molecule has 3 rings (SSSR count). The maximum absolute atomic E-state index is 12.4. The number of hydrogen-bond donors (Lipinski definition) is 3. The molecule has 0 unspecified atom stereocenters. The Morgan fingerprint density at radius 1 is 1.42 bits per heavy atom. The number of nitrogens with one attached hydrogen (secondary N) is 2. The lowest BCUT2D eigenvalue weighted by Crippen LogP contribution is -2.04. The van der Waals surface area contributed by atoms with Gasteiger partial charge in [-0.1, -0.05) is 6.07 Å². The quantitative estimate of drug-likeness (QED) is 0.601. The standard InChI is InChI=1S/C15H16FN7O/c1-24-14-13-10(4-7-23(13)22-15(17)20-14)9-2-3-11(21-18)12(8-9)19-6-5-16/h2-4,7-8,18-19H,5-6H2,1H3,(H2,17,22). The summed E-state index contributed by atoms with van der Waals surface area (Å²) in [6.45, 7) is -0.372. The maximum atomic E-state index is 12.4. The Balaban J connectivity index is 2.15. The minimum atomic E-state index is -0.516. The van der Waals surface area contributed by atoms with E-state index in [1.807, 2.05) is 12.1 Å². The second-order valence-electron chi connectivity index (χ2n) is 4.96. The average Bonchev–Trinajstić information content (AvgIpc) is 3.02. The number of alkyl halides is 1. The highest BCUT2D eigenvalue weighted by Crippen LogP contribution is 2.35. The molecule has 0 aliphatic rings. The van der Waals surface area contributed by atoms with Gasteiger partial charge in [0.05, 0.1) is 12.8 Å². The smallest absolute Gasteiger partial charge is 0.243 e. The maximum Gasteiger partial charge on any atom is 0.243 e. The first-order valence-electron chi connectivity index (χ1n) is 7.18. The summed E-state index contributed by atoms with van der Waals surface area (Å²) in [6, 6.07) is 7.17. The number of nitrogens with zero attached hydrogens (tertiary/aromatic N) is 4. The highest BCUT2D eigenvalue weighted by Gasteiger charge is 2.15. The highest BCUT2D eigenvalue weighted by atomic mass is 19.1. The van der Waals surface area contributed by atoms with Crippen molar-refractivity contribution in [3.8, 4) is 17.0 Å². The van der Waals surface area contributed by atoms with Crippen LogP contribution in [0.1, 0.15) is 0 Å². The number of nitrogens with two attached hydrogens (primary N) is 1. The van der Waals surface area contributed by atoms with Gasteiger partial charge in [-0.2, -0.15) is 10.1 Å². The zero-order valence-corrected chi connectivity index (χ0v) is 13.0. The molecule has 8 nitrogen and oxygen atoms in total. The lowest BCUT2D eigenvalue weighted by Gasteiger charge is -2.10. The third-order valence-corrected chi connectivity index (χ3v) is 3.53. The minimum Gasteiger partial charge on any atom is -0.479 e. The summed E-state index contributed by atoms with van der Waals surface area (Å²) in [5.74, 6) is 0.463. The molecule has 3 aromatic rings. The Labute approximate surface area is 137 Å². The van der Waals surface area contributed by atoms with Gasteiger partial charge >= 0.3 is 0 Å². The molecule has 0 aliphatic carbocycles. The molecule has 0 radical (unpaired) electrons. The van der Waals surface area contributed by atoms with Gasteiger partial charge in [0.15, 0.2) is 0 Å². The van der Waals surface area contributed by atoms with Crippen LogP contribution in [-0.2, 0) is 0 Å². The van der Waals surface area contributed by atoms with Crippen molar-refractivity contribution in [2.24, 2.45) is 5.11 Å². The molecule has 2 aromatic heterocycles. The molecule has 124 valence electrons. The van der Waals surface area contributed by atoms with Crippen LogP contribution in [0.5, 0.6) is 5.88 Å². The molecule has 0 fully saturated rings. The van der Waals surface area contributed by atoms with Crippen LogP contribution >= 0.6 is 0 Å². The van der Waals surface area contributed by atoms with Gasteiger partial charge in [-0.25, -0.2) is 14.4 Å². The third-order valence-electron chi connectivity index (χ3n) is 3.53. The first kappa shape index (κ1) is 15.7. The van der Waals surface area contributed by atoms with Crippen LogP contribution in [0.3, 0.4) is 0 Å². The Bertz CT molecular complexity index is 893. The van der Waals surface area contributed by atoms with E-state index in [0.717, 1.165) is 11.1 Å². The van der Waals surface area contributed by atoms with Crippen LogP contribution in [0.25, 0.3) is 16.6 Å². The lowest BCUT2D eigenvalue weighted by molar-refractivity contribution is 0.400. The van der Waals surface area contributed by atoms with Gasteiger partial charge < -0.3 is 15.8 Å². The number of nitrogen functional groups attached to an aromatic ring is 1. The number of hydrogen-bond acceptors (Lipinski definition) is 7. The topological polar surface area (TPSA) is 114 Å². The molecule has 0 saturated carbocycles. The first-order chi connectivity index (χ1) is 11.7. The number of ether oxygens (including phenoxy) is 1. The van der Waals surface area contributed by atoms with Crippen LogP contribution in [-0.4, -0.2) is 34.9 Å². The van der Waals surface area contributed by atoms with E-state index in [9.17, 15) is 4.39 Å². The lowest BCUT2D eigenvalue weighted by atomic mass is 10.1. The van der Waals surface area contributed by atoms with E-state index in [4.69, 9.17) is 16.0 Å². The molecule has 24 heavy (non-hydrogen) atoms. The van der Waals surface area contributed by atoms with Crippen molar-refractivity contribution in [1.82, 2.24) is 14.6 Å². The summed E-state index contributed by atoms with van der Waals surface area (Å²) in [7, 11) is 1.51. The van der Waals surface area contributed by atoms with Gasteiger partial charge in [-0.3, -0.25) is 0 Å². The van der Waals surface area contributed by atoms with E-state index in [1.165, 1.54) is 7.11 Å². The van der Waals surface area contributed by atoms with E-state index < -0.39 is 6.67 Å². The normalized spacial score (nSPS) is 10.8. The Morgan fingerprint density at radius 2 is 2.25 bits per heavy atom. The summed E-state index contributed by atoms with van der Waals surface area (Å²) < 4.78 is 19.3. The summed E-state index contributed by atoms with van der Waals surface area (Å²) in [4.78, 5) is 4.09. The van der Waals surface area contributed by atoms with E-state index in [0.29, 0.717) is 22.8 Å².